The standard InChI is InChI=1S/C11H17Cl2N3O/c1-4-17-6-5-16(3)11-9(13)7-8(12)10(14-2)15-11/h7H,4-6H2,1-3H3,(H,14,15). The van der Waals surface area contributed by atoms with Gasteiger partial charge in [0.25, 0.3) is 0 Å². The van der Waals surface area contributed by atoms with E-state index in [1.165, 1.54) is 0 Å². The summed E-state index contributed by atoms with van der Waals surface area (Å²) in [6.45, 7) is 4.04. The number of ether oxygens (including phenoxy) is 1. The normalized spacial score (nSPS) is 10.4. The molecule has 1 N–H and O–H groups in total. The third-order valence-electron chi connectivity index (χ3n) is 2.28. The molecule has 0 aliphatic rings. The molecule has 0 aliphatic heterocycles. The Balaban J connectivity index is 2.81. The zero-order valence-electron chi connectivity index (χ0n) is 10.3. The molecular formula is C11H17Cl2N3O. The zero-order valence-corrected chi connectivity index (χ0v) is 11.8. The topological polar surface area (TPSA) is 37.4 Å². The summed E-state index contributed by atoms with van der Waals surface area (Å²) in [5, 5.41) is 3.97. The fraction of sp³-hybridized carbons (Fsp3) is 0.545. The van der Waals surface area contributed by atoms with E-state index in [4.69, 9.17) is 27.9 Å². The van der Waals surface area contributed by atoms with Crippen LogP contribution in [0.25, 0.3) is 0 Å². The van der Waals surface area contributed by atoms with Gasteiger partial charge in [0, 0.05) is 27.2 Å². The number of hydrogen-bond donors (Lipinski definition) is 1. The Morgan fingerprint density at radius 3 is 2.71 bits per heavy atom. The second-order valence-corrected chi connectivity index (χ2v) is 4.31. The maximum Gasteiger partial charge on any atom is 0.149 e. The number of halogens is 2. The second kappa shape index (κ2) is 6.89. The molecule has 0 fully saturated rings. The van der Waals surface area contributed by atoms with Crippen LogP contribution in [0.5, 0.6) is 0 Å². The molecule has 0 atom stereocenters. The van der Waals surface area contributed by atoms with Gasteiger partial charge in [-0.1, -0.05) is 23.2 Å². The van der Waals surface area contributed by atoms with Crippen LogP contribution in [0.2, 0.25) is 10.0 Å². The molecule has 0 radical (unpaired) electrons. The van der Waals surface area contributed by atoms with E-state index in [9.17, 15) is 0 Å². The maximum absolute atomic E-state index is 6.11. The lowest BCUT2D eigenvalue weighted by Crippen LogP contribution is -2.24. The molecule has 0 aromatic carbocycles. The summed E-state index contributed by atoms with van der Waals surface area (Å²) in [6.07, 6.45) is 0. The maximum atomic E-state index is 6.11. The van der Waals surface area contributed by atoms with Crippen LogP contribution in [0, 0.1) is 0 Å². The molecule has 1 rings (SSSR count). The van der Waals surface area contributed by atoms with Crippen molar-refractivity contribution in [2.45, 2.75) is 6.92 Å². The minimum absolute atomic E-state index is 0.513. The largest absolute Gasteiger partial charge is 0.380 e. The third kappa shape index (κ3) is 3.91. The monoisotopic (exact) mass is 277 g/mol. The minimum atomic E-state index is 0.513. The summed E-state index contributed by atoms with van der Waals surface area (Å²) >= 11 is 12.1. The molecule has 0 aliphatic carbocycles. The van der Waals surface area contributed by atoms with Crippen LogP contribution in [0.3, 0.4) is 0 Å². The highest BCUT2D eigenvalue weighted by molar-refractivity contribution is 6.37. The lowest BCUT2D eigenvalue weighted by atomic mass is 10.4. The van der Waals surface area contributed by atoms with Gasteiger partial charge in [-0.05, 0) is 13.0 Å². The highest BCUT2D eigenvalue weighted by atomic mass is 35.5. The van der Waals surface area contributed by atoms with Crippen LogP contribution in [-0.4, -0.2) is 38.8 Å². The molecule has 1 heterocycles. The number of hydrogen-bond acceptors (Lipinski definition) is 4. The van der Waals surface area contributed by atoms with Gasteiger partial charge in [-0.2, -0.15) is 0 Å². The van der Waals surface area contributed by atoms with Crippen molar-refractivity contribution in [1.82, 2.24) is 4.98 Å². The first-order chi connectivity index (χ1) is 8.10. The molecule has 0 saturated carbocycles. The fourth-order valence-electron chi connectivity index (χ4n) is 1.35. The molecule has 0 amide bonds. The number of aromatic nitrogens is 1. The van der Waals surface area contributed by atoms with E-state index in [1.807, 2.05) is 18.9 Å². The Labute approximate surface area is 112 Å². The molecule has 1 aromatic heterocycles. The van der Waals surface area contributed by atoms with E-state index in [0.29, 0.717) is 34.9 Å². The van der Waals surface area contributed by atoms with Crippen molar-refractivity contribution >= 4 is 34.8 Å². The Morgan fingerprint density at radius 2 is 2.12 bits per heavy atom. The van der Waals surface area contributed by atoms with E-state index < -0.39 is 0 Å². The van der Waals surface area contributed by atoms with Crippen LogP contribution in [0.1, 0.15) is 6.92 Å². The first kappa shape index (κ1) is 14.4. The fourth-order valence-corrected chi connectivity index (χ4v) is 1.95. The Hall–Kier alpha value is -0.710. The van der Waals surface area contributed by atoms with Gasteiger partial charge in [0.05, 0.1) is 16.7 Å². The molecule has 0 bridgehead atoms. The summed E-state index contributed by atoms with van der Waals surface area (Å²) in [7, 11) is 3.69. The van der Waals surface area contributed by atoms with Crippen molar-refractivity contribution < 1.29 is 4.74 Å². The van der Waals surface area contributed by atoms with E-state index in [-0.39, 0.29) is 0 Å². The average Bonchev–Trinajstić information content (AvgIpc) is 2.29. The van der Waals surface area contributed by atoms with E-state index >= 15 is 0 Å². The lowest BCUT2D eigenvalue weighted by Gasteiger charge is -2.20. The van der Waals surface area contributed by atoms with Crippen molar-refractivity contribution in [2.75, 3.05) is 44.1 Å². The van der Waals surface area contributed by atoms with Gasteiger partial charge in [-0.15, -0.1) is 0 Å². The predicted molar refractivity (Wildman–Crippen MR) is 73.6 cm³/mol. The van der Waals surface area contributed by atoms with Crippen LogP contribution in [-0.2, 0) is 4.74 Å². The summed E-state index contributed by atoms with van der Waals surface area (Å²) in [5.74, 6) is 1.31. The Kier molecular flexibility index (Phi) is 5.82. The molecule has 0 spiro atoms. The molecule has 6 heteroatoms. The molecule has 17 heavy (non-hydrogen) atoms. The third-order valence-corrected chi connectivity index (χ3v) is 2.85. The van der Waals surface area contributed by atoms with Gasteiger partial charge in [0.15, 0.2) is 0 Å². The number of nitrogens with zero attached hydrogens (tertiary/aromatic N) is 2. The van der Waals surface area contributed by atoms with E-state index in [2.05, 4.69) is 10.3 Å². The number of pyridine rings is 1. The molecule has 4 nitrogen and oxygen atoms in total. The van der Waals surface area contributed by atoms with Crippen molar-refractivity contribution in [3.05, 3.63) is 16.1 Å². The van der Waals surface area contributed by atoms with Crippen molar-refractivity contribution in [3.63, 3.8) is 0 Å². The van der Waals surface area contributed by atoms with Crippen molar-refractivity contribution in [3.8, 4) is 0 Å². The predicted octanol–water partition coefficient (Wildman–Crippen LogP) is 2.90. The van der Waals surface area contributed by atoms with Gasteiger partial charge in [-0.25, -0.2) is 4.98 Å². The molecule has 0 saturated heterocycles. The zero-order chi connectivity index (χ0) is 12.8. The highest BCUT2D eigenvalue weighted by Crippen LogP contribution is 2.30. The summed E-state index contributed by atoms with van der Waals surface area (Å²) < 4.78 is 5.29. The molecule has 1 aromatic rings. The number of anilines is 2. The highest BCUT2D eigenvalue weighted by Gasteiger charge is 2.11. The van der Waals surface area contributed by atoms with Gasteiger partial charge in [-0.3, -0.25) is 0 Å². The molecule has 96 valence electrons. The number of rotatable bonds is 6. The number of likely N-dealkylation sites (N-methyl/N-ethyl adjacent to an activating group) is 1. The van der Waals surface area contributed by atoms with Gasteiger partial charge < -0.3 is 15.0 Å². The SMILES string of the molecule is CCOCCN(C)c1nc(NC)c(Cl)cc1Cl. The quantitative estimate of drug-likeness (QED) is 0.812. The second-order valence-electron chi connectivity index (χ2n) is 3.49. The summed E-state index contributed by atoms with van der Waals surface area (Å²) in [4.78, 5) is 6.30. The van der Waals surface area contributed by atoms with Crippen LogP contribution < -0.4 is 10.2 Å². The van der Waals surface area contributed by atoms with Crippen LogP contribution in [0.15, 0.2) is 6.07 Å². The van der Waals surface area contributed by atoms with Crippen LogP contribution >= 0.6 is 23.2 Å². The van der Waals surface area contributed by atoms with Crippen molar-refractivity contribution in [2.24, 2.45) is 0 Å². The van der Waals surface area contributed by atoms with Gasteiger partial charge in [0.1, 0.15) is 11.6 Å². The lowest BCUT2D eigenvalue weighted by molar-refractivity contribution is 0.154. The average molecular weight is 278 g/mol. The number of nitrogens with one attached hydrogen (secondary N) is 1. The molecular weight excluding hydrogens is 261 g/mol. The minimum Gasteiger partial charge on any atom is -0.380 e. The van der Waals surface area contributed by atoms with Gasteiger partial charge >= 0.3 is 0 Å². The van der Waals surface area contributed by atoms with Crippen LogP contribution in [0.4, 0.5) is 11.6 Å². The first-order valence-electron chi connectivity index (χ1n) is 5.42. The summed E-state index contributed by atoms with van der Waals surface area (Å²) in [6, 6.07) is 1.69. The smallest absolute Gasteiger partial charge is 0.149 e. The molecule has 0 unspecified atom stereocenters. The first-order valence-corrected chi connectivity index (χ1v) is 6.18. The van der Waals surface area contributed by atoms with E-state index in [0.717, 1.165) is 6.54 Å². The van der Waals surface area contributed by atoms with Gasteiger partial charge in [0.2, 0.25) is 0 Å². The Morgan fingerprint density at radius 1 is 1.41 bits per heavy atom. The Bertz CT molecular complexity index is 374. The van der Waals surface area contributed by atoms with Crippen molar-refractivity contribution in [1.29, 1.82) is 0 Å². The summed E-state index contributed by atoms with van der Waals surface area (Å²) in [5.41, 5.74) is 0. The van der Waals surface area contributed by atoms with E-state index in [1.54, 1.807) is 13.1 Å².